The van der Waals surface area contributed by atoms with Gasteiger partial charge in [0.15, 0.2) is 16.8 Å². The van der Waals surface area contributed by atoms with Crippen molar-refractivity contribution >= 4 is 28.7 Å². The van der Waals surface area contributed by atoms with Gasteiger partial charge in [-0.2, -0.15) is 0 Å². The average molecular weight is 327 g/mol. The molecular formula is C15H19F2N3OS. The minimum atomic E-state index is -0.939. The number of hydrogen-bond donors (Lipinski definition) is 2. The van der Waals surface area contributed by atoms with Crippen molar-refractivity contribution in [3.05, 3.63) is 23.8 Å². The van der Waals surface area contributed by atoms with Gasteiger partial charge < -0.3 is 10.3 Å². The molecule has 0 saturated heterocycles. The fourth-order valence-electron chi connectivity index (χ4n) is 1.78. The van der Waals surface area contributed by atoms with E-state index in [2.05, 4.69) is 15.3 Å². The van der Waals surface area contributed by atoms with Crippen molar-refractivity contribution in [2.45, 2.75) is 50.1 Å². The van der Waals surface area contributed by atoms with Crippen molar-refractivity contribution in [1.82, 2.24) is 15.3 Å². The molecule has 2 rings (SSSR count). The molecule has 0 fully saturated rings. The Hall–Kier alpha value is -1.63. The summed E-state index contributed by atoms with van der Waals surface area (Å²) in [4.78, 5) is 19.2. The van der Waals surface area contributed by atoms with Gasteiger partial charge >= 0.3 is 0 Å². The zero-order chi connectivity index (χ0) is 16.5. The second-order valence-corrected chi connectivity index (χ2v) is 7.14. The van der Waals surface area contributed by atoms with Gasteiger partial charge in [-0.25, -0.2) is 13.8 Å². The molecule has 2 aromatic rings. The van der Waals surface area contributed by atoms with Crippen molar-refractivity contribution in [2.24, 2.45) is 0 Å². The van der Waals surface area contributed by atoms with Crippen LogP contribution in [-0.2, 0) is 4.79 Å². The van der Waals surface area contributed by atoms with Crippen LogP contribution < -0.4 is 5.32 Å². The van der Waals surface area contributed by atoms with Crippen LogP contribution in [0.2, 0.25) is 0 Å². The lowest BCUT2D eigenvalue weighted by molar-refractivity contribution is -0.121. The Morgan fingerprint density at radius 1 is 1.41 bits per heavy atom. The molecule has 0 saturated carbocycles. The number of aromatic nitrogens is 2. The summed E-state index contributed by atoms with van der Waals surface area (Å²) < 4.78 is 26.4. The fraction of sp³-hybridized carbons (Fsp3) is 0.467. The summed E-state index contributed by atoms with van der Waals surface area (Å²) in [6, 6.07) is 2.10. The average Bonchev–Trinajstić information content (AvgIpc) is 2.80. The third-order valence-corrected chi connectivity index (χ3v) is 4.49. The van der Waals surface area contributed by atoms with Crippen molar-refractivity contribution < 1.29 is 13.6 Å². The second kappa shape index (κ2) is 6.24. The van der Waals surface area contributed by atoms with E-state index in [1.54, 1.807) is 6.92 Å². The van der Waals surface area contributed by atoms with E-state index in [1.807, 2.05) is 20.8 Å². The third-order valence-electron chi connectivity index (χ3n) is 3.51. The van der Waals surface area contributed by atoms with Crippen molar-refractivity contribution in [1.29, 1.82) is 0 Å². The SMILES string of the molecule is CCC(C)(C)NC(=O)C(C)Sc1nc2cc(F)c(F)cc2[nH]1. The monoisotopic (exact) mass is 327 g/mol. The predicted octanol–water partition coefficient (Wildman–Crippen LogP) is 3.63. The molecule has 1 atom stereocenters. The highest BCUT2D eigenvalue weighted by atomic mass is 32.2. The summed E-state index contributed by atoms with van der Waals surface area (Å²) in [5.74, 6) is -1.97. The quantitative estimate of drug-likeness (QED) is 0.825. The molecule has 0 bridgehead atoms. The summed E-state index contributed by atoms with van der Waals surface area (Å²) in [6.45, 7) is 7.67. The number of fused-ring (bicyclic) bond motifs is 1. The van der Waals surface area contributed by atoms with Gasteiger partial charge in [0.25, 0.3) is 0 Å². The van der Waals surface area contributed by atoms with Crippen LogP contribution in [0.4, 0.5) is 8.78 Å². The highest BCUT2D eigenvalue weighted by Gasteiger charge is 2.23. The van der Waals surface area contributed by atoms with E-state index < -0.39 is 11.6 Å². The number of imidazole rings is 1. The highest BCUT2D eigenvalue weighted by molar-refractivity contribution is 8.00. The van der Waals surface area contributed by atoms with Gasteiger partial charge in [0, 0.05) is 17.7 Å². The molecule has 1 unspecified atom stereocenters. The zero-order valence-corrected chi connectivity index (χ0v) is 13.8. The highest BCUT2D eigenvalue weighted by Crippen LogP contribution is 2.25. The number of hydrogen-bond acceptors (Lipinski definition) is 3. The van der Waals surface area contributed by atoms with Crippen molar-refractivity contribution in [3.8, 4) is 0 Å². The number of H-pyrrole nitrogens is 1. The first-order chi connectivity index (χ1) is 10.2. The van der Waals surface area contributed by atoms with Gasteiger partial charge in [0.05, 0.1) is 16.3 Å². The number of nitrogens with zero attached hydrogens (tertiary/aromatic N) is 1. The van der Waals surface area contributed by atoms with Crippen LogP contribution >= 0.6 is 11.8 Å². The number of nitrogens with one attached hydrogen (secondary N) is 2. The Labute approximate surface area is 132 Å². The molecule has 22 heavy (non-hydrogen) atoms. The number of aromatic amines is 1. The largest absolute Gasteiger partial charge is 0.350 e. The van der Waals surface area contributed by atoms with Crippen molar-refractivity contribution in [3.63, 3.8) is 0 Å². The Morgan fingerprint density at radius 2 is 2.05 bits per heavy atom. The maximum atomic E-state index is 13.2. The molecule has 1 aromatic heterocycles. The van der Waals surface area contributed by atoms with E-state index in [4.69, 9.17) is 0 Å². The number of halogens is 2. The van der Waals surface area contributed by atoms with Gasteiger partial charge in [-0.3, -0.25) is 4.79 Å². The third kappa shape index (κ3) is 3.76. The Balaban J connectivity index is 2.11. The van der Waals surface area contributed by atoms with Crippen molar-refractivity contribution in [2.75, 3.05) is 0 Å². The van der Waals surface area contributed by atoms with Crippen LogP contribution in [0, 0.1) is 11.6 Å². The molecule has 0 aliphatic carbocycles. The molecule has 2 N–H and O–H groups in total. The van der Waals surface area contributed by atoms with E-state index in [-0.39, 0.29) is 16.7 Å². The number of benzene rings is 1. The molecule has 1 amide bonds. The van der Waals surface area contributed by atoms with E-state index in [1.165, 1.54) is 11.8 Å². The smallest absolute Gasteiger partial charge is 0.233 e. The normalized spacial score (nSPS) is 13.4. The first-order valence-electron chi connectivity index (χ1n) is 7.05. The summed E-state index contributed by atoms with van der Waals surface area (Å²) in [5.41, 5.74) is 0.470. The van der Waals surface area contributed by atoms with Gasteiger partial charge in [0.1, 0.15) is 0 Å². The molecule has 0 aliphatic rings. The Kier molecular flexibility index (Phi) is 4.75. The fourth-order valence-corrected chi connectivity index (χ4v) is 2.60. The Morgan fingerprint density at radius 3 is 2.68 bits per heavy atom. The van der Waals surface area contributed by atoms with E-state index in [0.29, 0.717) is 16.2 Å². The molecule has 1 heterocycles. The summed E-state index contributed by atoms with van der Waals surface area (Å²) in [5, 5.41) is 3.04. The number of carbonyl (C=O) groups is 1. The molecule has 0 aliphatic heterocycles. The number of amides is 1. The molecular weight excluding hydrogens is 308 g/mol. The number of thioether (sulfide) groups is 1. The minimum absolute atomic E-state index is 0.102. The van der Waals surface area contributed by atoms with E-state index >= 15 is 0 Å². The van der Waals surface area contributed by atoms with Gasteiger partial charge in [-0.15, -0.1) is 0 Å². The van der Waals surface area contributed by atoms with Crippen LogP contribution in [0.3, 0.4) is 0 Å². The van der Waals surface area contributed by atoms with Gasteiger partial charge in [-0.1, -0.05) is 18.7 Å². The maximum absolute atomic E-state index is 13.2. The van der Waals surface area contributed by atoms with Crippen LogP contribution in [0.5, 0.6) is 0 Å². The molecule has 4 nitrogen and oxygen atoms in total. The lowest BCUT2D eigenvalue weighted by Gasteiger charge is -2.26. The van der Waals surface area contributed by atoms with Crippen LogP contribution in [0.1, 0.15) is 34.1 Å². The first-order valence-corrected chi connectivity index (χ1v) is 7.93. The first kappa shape index (κ1) is 16.7. The van der Waals surface area contributed by atoms with Crippen LogP contribution in [0.15, 0.2) is 17.3 Å². The molecule has 0 spiro atoms. The summed E-state index contributed by atoms with van der Waals surface area (Å²) in [6.07, 6.45) is 0.819. The lowest BCUT2D eigenvalue weighted by atomic mass is 10.0. The van der Waals surface area contributed by atoms with E-state index in [0.717, 1.165) is 18.6 Å². The minimum Gasteiger partial charge on any atom is -0.350 e. The maximum Gasteiger partial charge on any atom is 0.233 e. The van der Waals surface area contributed by atoms with Crippen LogP contribution in [0.25, 0.3) is 11.0 Å². The second-order valence-electron chi connectivity index (χ2n) is 5.81. The van der Waals surface area contributed by atoms with Gasteiger partial charge in [-0.05, 0) is 27.2 Å². The van der Waals surface area contributed by atoms with Gasteiger partial charge in [0.2, 0.25) is 5.91 Å². The Bertz CT molecular complexity index is 660. The van der Waals surface area contributed by atoms with Crippen LogP contribution in [-0.4, -0.2) is 26.7 Å². The number of rotatable bonds is 5. The molecule has 120 valence electrons. The molecule has 7 heteroatoms. The standard InChI is InChI=1S/C15H19F2N3OS/c1-5-15(3,4)20-13(21)8(2)22-14-18-11-6-9(16)10(17)7-12(11)19-14/h6-8H,5H2,1-4H3,(H,18,19)(H,20,21). The summed E-state index contributed by atoms with van der Waals surface area (Å²) >= 11 is 1.22. The van der Waals surface area contributed by atoms with E-state index in [9.17, 15) is 13.6 Å². The summed E-state index contributed by atoms with van der Waals surface area (Å²) in [7, 11) is 0. The predicted molar refractivity (Wildman–Crippen MR) is 83.8 cm³/mol. The molecule has 0 radical (unpaired) electrons. The molecule has 1 aromatic carbocycles. The lowest BCUT2D eigenvalue weighted by Crippen LogP contribution is -2.46. The number of carbonyl (C=O) groups excluding carboxylic acids is 1. The topological polar surface area (TPSA) is 57.8 Å². The zero-order valence-electron chi connectivity index (χ0n) is 13.0.